The van der Waals surface area contributed by atoms with E-state index in [4.69, 9.17) is 20.4 Å². The fourth-order valence-electron chi connectivity index (χ4n) is 4.90. The molecule has 2 N–H and O–H groups in total. The van der Waals surface area contributed by atoms with Crippen molar-refractivity contribution in [1.29, 1.82) is 0 Å². The van der Waals surface area contributed by atoms with E-state index < -0.39 is 25.7 Å². The average molecular weight is 535 g/mol. The molecule has 0 fully saturated rings. The third-order valence-corrected chi connectivity index (χ3v) is 6.63. The fraction of sp³-hybridized carbons (Fsp3) is 0.400. The SMILES string of the molecule is COc1cccc2cc(-c3nc4cc5c(nc4n3C)CCN(C[C@H](N)CF)C5=O)n(CCOC(F)(F)F)c12. The van der Waals surface area contributed by atoms with Crippen molar-refractivity contribution in [1.82, 2.24) is 24.0 Å². The van der Waals surface area contributed by atoms with Gasteiger partial charge in [0, 0.05) is 38.5 Å². The minimum absolute atomic E-state index is 0.0994. The Labute approximate surface area is 214 Å². The van der Waals surface area contributed by atoms with Crippen molar-refractivity contribution in [2.75, 3.05) is 33.5 Å². The second-order valence-corrected chi connectivity index (χ2v) is 9.11. The van der Waals surface area contributed by atoms with Crippen LogP contribution in [0.25, 0.3) is 33.6 Å². The van der Waals surface area contributed by atoms with Crippen LogP contribution in [-0.4, -0.2) is 75.8 Å². The van der Waals surface area contributed by atoms with Gasteiger partial charge < -0.3 is 24.5 Å². The summed E-state index contributed by atoms with van der Waals surface area (Å²) < 4.78 is 64.1. The van der Waals surface area contributed by atoms with Gasteiger partial charge in [0.05, 0.1) is 42.2 Å². The minimum atomic E-state index is -4.76. The Morgan fingerprint density at radius 2 is 2.00 bits per heavy atom. The van der Waals surface area contributed by atoms with Crippen LogP contribution in [0.15, 0.2) is 30.3 Å². The third kappa shape index (κ3) is 4.67. The molecule has 38 heavy (non-hydrogen) atoms. The number of aryl methyl sites for hydroxylation is 1. The molecule has 202 valence electrons. The molecule has 0 bridgehead atoms. The number of ether oxygens (including phenoxy) is 2. The van der Waals surface area contributed by atoms with Crippen molar-refractivity contribution in [2.24, 2.45) is 12.8 Å². The van der Waals surface area contributed by atoms with Crippen LogP contribution in [0.5, 0.6) is 5.75 Å². The number of benzene rings is 1. The van der Waals surface area contributed by atoms with E-state index in [-0.39, 0.29) is 19.0 Å². The molecule has 9 nitrogen and oxygen atoms in total. The quantitative estimate of drug-likeness (QED) is 0.348. The van der Waals surface area contributed by atoms with Gasteiger partial charge in [-0.3, -0.25) is 9.53 Å². The molecule has 0 spiro atoms. The zero-order chi connectivity index (χ0) is 27.2. The van der Waals surface area contributed by atoms with Crippen LogP contribution < -0.4 is 10.5 Å². The first-order valence-electron chi connectivity index (χ1n) is 12.0. The van der Waals surface area contributed by atoms with Gasteiger partial charge in [-0.1, -0.05) is 12.1 Å². The number of carbonyl (C=O) groups is 1. The standard InChI is InChI=1S/C25H26F4N6O3/c1-33-22-18(11-16-17(31-22)6-7-34(24(16)36)13-15(30)12-26)32-23(33)19-10-14-4-3-5-20(37-2)21(14)35(19)8-9-38-25(27,28)29/h3-5,10-11,15H,6-9,12-13,30H2,1-2H3/t15-/m1/s1. The number of nitrogens with zero attached hydrogens (tertiary/aromatic N) is 5. The summed E-state index contributed by atoms with van der Waals surface area (Å²) in [6.45, 7) is -0.989. The number of hydrogen-bond donors (Lipinski definition) is 1. The van der Waals surface area contributed by atoms with E-state index in [2.05, 4.69) is 4.74 Å². The topological polar surface area (TPSA) is 100 Å². The number of aromatic nitrogens is 4. The van der Waals surface area contributed by atoms with E-state index in [0.717, 1.165) is 5.39 Å². The van der Waals surface area contributed by atoms with E-state index in [1.165, 1.54) is 12.0 Å². The first-order valence-corrected chi connectivity index (χ1v) is 12.0. The molecule has 4 aromatic rings. The van der Waals surface area contributed by atoms with Crippen molar-refractivity contribution in [3.63, 3.8) is 0 Å². The molecule has 1 atom stereocenters. The molecule has 4 heterocycles. The number of methoxy groups -OCH3 is 1. The highest BCUT2D eigenvalue weighted by Crippen LogP contribution is 2.35. The third-order valence-electron chi connectivity index (χ3n) is 6.63. The largest absolute Gasteiger partial charge is 0.522 e. The van der Waals surface area contributed by atoms with Gasteiger partial charge in [-0.15, -0.1) is 13.2 Å². The predicted octanol–water partition coefficient (Wildman–Crippen LogP) is 3.43. The summed E-state index contributed by atoms with van der Waals surface area (Å²) >= 11 is 0. The summed E-state index contributed by atoms with van der Waals surface area (Å²) in [5.74, 6) is 0.647. The summed E-state index contributed by atoms with van der Waals surface area (Å²) in [5, 5.41) is 0.751. The van der Waals surface area contributed by atoms with Crippen molar-refractivity contribution in [3.8, 4) is 17.3 Å². The Bertz CT molecular complexity index is 1510. The average Bonchev–Trinajstić information content (AvgIpc) is 3.41. The lowest BCUT2D eigenvalue weighted by Gasteiger charge is -2.29. The number of alkyl halides is 4. The van der Waals surface area contributed by atoms with Gasteiger partial charge in [-0.25, -0.2) is 14.4 Å². The highest BCUT2D eigenvalue weighted by atomic mass is 19.4. The van der Waals surface area contributed by atoms with E-state index >= 15 is 0 Å². The number of amides is 1. The number of fused-ring (bicyclic) bond motifs is 3. The Morgan fingerprint density at radius 3 is 2.71 bits per heavy atom. The van der Waals surface area contributed by atoms with Crippen LogP contribution >= 0.6 is 0 Å². The smallest absolute Gasteiger partial charge is 0.495 e. The lowest BCUT2D eigenvalue weighted by Crippen LogP contribution is -2.45. The molecule has 0 aliphatic carbocycles. The first kappa shape index (κ1) is 25.9. The van der Waals surface area contributed by atoms with E-state index in [0.29, 0.717) is 58.2 Å². The number of rotatable bonds is 8. The van der Waals surface area contributed by atoms with Gasteiger partial charge >= 0.3 is 6.36 Å². The second kappa shape index (κ2) is 9.87. The molecule has 0 unspecified atom stereocenters. The maximum Gasteiger partial charge on any atom is 0.522 e. The Hall–Kier alpha value is -3.71. The van der Waals surface area contributed by atoms with E-state index in [1.54, 1.807) is 34.4 Å². The molecule has 0 saturated carbocycles. The number of hydrogen-bond acceptors (Lipinski definition) is 6. The first-order chi connectivity index (χ1) is 18.1. The van der Waals surface area contributed by atoms with Gasteiger partial charge in [-0.2, -0.15) is 0 Å². The van der Waals surface area contributed by atoms with Crippen LogP contribution in [0.3, 0.4) is 0 Å². The summed E-state index contributed by atoms with van der Waals surface area (Å²) in [5.41, 5.74) is 8.79. The van der Waals surface area contributed by atoms with E-state index in [9.17, 15) is 22.4 Å². The number of pyridine rings is 1. The van der Waals surface area contributed by atoms with Gasteiger partial charge in [-0.05, 0) is 18.2 Å². The number of carbonyl (C=O) groups excluding carboxylic acids is 1. The summed E-state index contributed by atoms with van der Waals surface area (Å²) in [6, 6.07) is 8.05. The molecule has 1 aromatic carbocycles. The van der Waals surface area contributed by atoms with Crippen LogP contribution in [-0.2, 0) is 24.8 Å². The van der Waals surface area contributed by atoms with Gasteiger partial charge in [0.1, 0.15) is 17.9 Å². The second-order valence-electron chi connectivity index (χ2n) is 9.11. The van der Waals surface area contributed by atoms with Crippen molar-refractivity contribution in [2.45, 2.75) is 25.4 Å². The van der Waals surface area contributed by atoms with Crippen LogP contribution in [0, 0.1) is 0 Å². The summed E-state index contributed by atoms with van der Waals surface area (Å²) in [4.78, 5) is 24.0. The maximum atomic E-state index is 13.1. The van der Waals surface area contributed by atoms with Crippen molar-refractivity contribution >= 4 is 28.0 Å². The molecule has 1 aliphatic heterocycles. The number of nitrogens with two attached hydrogens (primary N) is 1. The Morgan fingerprint density at radius 1 is 1.21 bits per heavy atom. The molecule has 1 aliphatic rings. The van der Waals surface area contributed by atoms with Gasteiger partial charge in [0.15, 0.2) is 11.5 Å². The van der Waals surface area contributed by atoms with Crippen LogP contribution in [0.4, 0.5) is 17.6 Å². The molecular weight excluding hydrogens is 508 g/mol. The minimum Gasteiger partial charge on any atom is -0.495 e. The van der Waals surface area contributed by atoms with Crippen molar-refractivity contribution < 1.29 is 31.8 Å². The normalized spacial score (nSPS) is 14.9. The lowest BCUT2D eigenvalue weighted by molar-refractivity contribution is -0.325. The summed E-state index contributed by atoms with van der Waals surface area (Å²) in [6.07, 6.45) is -4.29. The molecule has 0 radical (unpaired) electrons. The Balaban J connectivity index is 1.60. The van der Waals surface area contributed by atoms with Crippen LogP contribution in [0.2, 0.25) is 0 Å². The fourth-order valence-corrected chi connectivity index (χ4v) is 4.90. The molecule has 13 heteroatoms. The van der Waals surface area contributed by atoms with Crippen LogP contribution in [0.1, 0.15) is 16.1 Å². The number of imidazole rings is 1. The number of para-hydroxylation sites is 1. The molecule has 0 saturated heterocycles. The monoisotopic (exact) mass is 534 g/mol. The predicted molar refractivity (Wildman–Crippen MR) is 132 cm³/mol. The van der Waals surface area contributed by atoms with Gasteiger partial charge in [0.25, 0.3) is 5.91 Å². The van der Waals surface area contributed by atoms with Gasteiger partial charge in [0.2, 0.25) is 0 Å². The molecule has 3 aromatic heterocycles. The van der Waals surface area contributed by atoms with E-state index in [1.807, 2.05) is 12.1 Å². The molecular formula is C25H26F4N6O3. The number of halogens is 4. The Kier molecular flexibility index (Phi) is 6.73. The molecule has 5 rings (SSSR count). The molecule has 1 amide bonds. The highest BCUT2D eigenvalue weighted by molar-refractivity contribution is 5.99. The highest BCUT2D eigenvalue weighted by Gasteiger charge is 2.30. The lowest BCUT2D eigenvalue weighted by atomic mass is 10.0. The van der Waals surface area contributed by atoms with Crippen molar-refractivity contribution in [3.05, 3.63) is 41.6 Å². The summed E-state index contributed by atoms with van der Waals surface area (Å²) in [7, 11) is 3.25. The zero-order valence-corrected chi connectivity index (χ0v) is 20.8. The maximum absolute atomic E-state index is 13.1. The zero-order valence-electron chi connectivity index (χ0n) is 20.8.